The molecule has 0 spiro atoms. The van der Waals surface area contributed by atoms with Gasteiger partial charge in [-0.15, -0.1) is 11.8 Å². The summed E-state index contributed by atoms with van der Waals surface area (Å²) in [5, 5.41) is 9.30. The molecule has 0 aromatic heterocycles. The lowest BCUT2D eigenvalue weighted by atomic mass is 10.1. The molecule has 1 saturated heterocycles. The Bertz CT molecular complexity index is 191. The predicted molar refractivity (Wildman–Crippen MR) is 59.4 cm³/mol. The van der Waals surface area contributed by atoms with Crippen molar-refractivity contribution < 1.29 is 9.90 Å². The van der Waals surface area contributed by atoms with Gasteiger partial charge in [0, 0.05) is 13.6 Å². The minimum absolute atomic E-state index is 0.132. The fourth-order valence-electron chi connectivity index (χ4n) is 1.67. The predicted octanol–water partition coefficient (Wildman–Crippen LogP) is 1.11. The molecule has 4 heteroatoms. The van der Waals surface area contributed by atoms with Gasteiger partial charge in [0.15, 0.2) is 0 Å². The molecule has 0 aromatic carbocycles. The summed E-state index contributed by atoms with van der Waals surface area (Å²) in [4.78, 5) is 13.5. The number of aliphatic hydroxyl groups is 1. The van der Waals surface area contributed by atoms with Gasteiger partial charge in [0.2, 0.25) is 5.91 Å². The highest BCUT2D eigenvalue weighted by Gasteiger charge is 2.24. The van der Waals surface area contributed by atoms with Crippen molar-refractivity contribution in [3.8, 4) is 0 Å². The molecule has 3 nitrogen and oxygen atoms in total. The van der Waals surface area contributed by atoms with E-state index in [4.69, 9.17) is 5.11 Å². The summed E-state index contributed by atoms with van der Waals surface area (Å²) in [6, 6.07) is 0. The first-order chi connectivity index (χ1) is 6.61. The van der Waals surface area contributed by atoms with Gasteiger partial charge in [-0.25, -0.2) is 0 Å². The van der Waals surface area contributed by atoms with E-state index in [0.29, 0.717) is 6.54 Å². The number of hydrogen-bond acceptors (Lipinski definition) is 3. The van der Waals surface area contributed by atoms with Crippen LogP contribution in [0.1, 0.15) is 26.2 Å². The molecule has 1 aliphatic heterocycles. The number of aliphatic hydroxyl groups excluding tert-OH is 1. The lowest BCUT2D eigenvalue weighted by Gasteiger charge is -2.26. The lowest BCUT2D eigenvalue weighted by Crippen LogP contribution is -2.39. The van der Waals surface area contributed by atoms with E-state index in [1.165, 1.54) is 6.42 Å². The highest BCUT2D eigenvalue weighted by molar-refractivity contribution is 8.00. The van der Waals surface area contributed by atoms with Crippen molar-refractivity contribution in [1.29, 1.82) is 0 Å². The SMILES string of the molecule is CC(O)CN(C)C(=O)C1CCCCS1. The maximum atomic E-state index is 11.8. The van der Waals surface area contributed by atoms with Gasteiger partial charge in [-0.2, -0.15) is 0 Å². The Balaban J connectivity index is 2.38. The molecule has 1 fully saturated rings. The number of amides is 1. The highest BCUT2D eigenvalue weighted by atomic mass is 32.2. The molecule has 2 atom stereocenters. The zero-order chi connectivity index (χ0) is 10.6. The van der Waals surface area contributed by atoms with Crippen LogP contribution < -0.4 is 0 Å². The van der Waals surface area contributed by atoms with Gasteiger partial charge < -0.3 is 10.0 Å². The number of nitrogens with zero attached hydrogens (tertiary/aromatic N) is 1. The van der Waals surface area contributed by atoms with E-state index in [9.17, 15) is 4.79 Å². The fourth-order valence-corrected chi connectivity index (χ4v) is 2.98. The third-order valence-electron chi connectivity index (χ3n) is 2.37. The van der Waals surface area contributed by atoms with Crippen molar-refractivity contribution in [3.05, 3.63) is 0 Å². The zero-order valence-corrected chi connectivity index (χ0v) is 9.72. The normalized spacial score (nSPS) is 24.4. The molecule has 1 aliphatic rings. The average molecular weight is 217 g/mol. The highest BCUT2D eigenvalue weighted by Crippen LogP contribution is 2.26. The number of carbonyl (C=O) groups excluding carboxylic acids is 1. The van der Waals surface area contributed by atoms with Crippen LogP contribution in [0.3, 0.4) is 0 Å². The summed E-state index contributed by atoms with van der Waals surface area (Å²) < 4.78 is 0. The summed E-state index contributed by atoms with van der Waals surface area (Å²) in [5.41, 5.74) is 0. The van der Waals surface area contributed by atoms with Gasteiger partial charge in [-0.05, 0) is 25.5 Å². The van der Waals surface area contributed by atoms with Gasteiger partial charge in [-0.3, -0.25) is 4.79 Å². The summed E-state index contributed by atoms with van der Waals surface area (Å²) in [6.45, 7) is 2.15. The van der Waals surface area contributed by atoms with Crippen LogP contribution in [-0.2, 0) is 4.79 Å². The number of likely N-dealkylation sites (N-methyl/N-ethyl adjacent to an activating group) is 1. The van der Waals surface area contributed by atoms with Crippen molar-refractivity contribution in [2.45, 2.75) is 37.5 Å². The molecule has 1 heterocycles. The molecule has 0 radical (unpaired) electrons. The first-order valence-corrected chi connectivity index (χ1v) is 6.21. The molecule has 82 valence electrons. The minimum Gasteiger partial charge on any atom is -0.392 e. The number of hydrogen-bond donors (Lipinski definition) is 1. The van der Waals surface area contributed by atoms with Crippen LogP contribution in [0.2, 0.25) is 0 Å². The van der Waals surface area contributed by atoms with Gasteiger partial charge in [0.25, 0.3) is 0 Å². The molecule has 14 heavy (non-hydrogen) atoms. The zero-order valence-electron chi connectivity index (χ0n) is 8.90. The first-order valence-electron chi connectivity index (χ1n) is 5.16. The maximum Gasteiger partial charge on any atom is 0.235 e. The van der Waals surface area contributed by atoms with Gasteiger partial charge in [0.1, 0.15) is 0 Å². The molecule has 0 saturated carbocycles. The van der Waals surface area contributed by atoms with Crippen LogP contribution in [0, 0.1) is 0 Å². The van der Waals surface area contributed by atoms with Crippen LogP contribution in [0.25, 0.3) is 0 Å². The van der Waals surface area contributed by atoms with Crippen LogP contribution in [0.15, 0.2) is 0 Å². The van der Waals surface area contributed by atoms with Crippen molar-refractivity contribution in [2.75, 3.05) is 19.3 Å². The smallest absolute Gasteiger partial charge is 0.235 e. The first kappa shape index (κ1) is 11.9. The quantitative estimate of drug-likeness (QED) is 0.770. The summed E-state index contributed by atoms with van der Waals surface area (Å²) in [7, 11) is 1.77. The molecule has 2 unspecified atom stereocenters. The Labute approximate surface area is 89.9 Å². The summed E-state index contributed by atoms with van der Waals surface area (Å²) in [6.07, 6.45) is 2.95. The van der Waals surface area contributed by atoms with E-state index in [0.717, 1.165) is 18.6 Å². The van der Waals surface area contributed by atoms with E-state index in [1.54, 1.807) is 30.6 Å². The topological polar surface area (TPSA) is 40.5 Å². The molecular formula is C10H19NO2S. The largest absolute Gasteiger partial charge is 0.392 e. The minimum atomic E-state index is -0.433. The van der Waals surface area contributed by atoms with Crippen molar-refractivity contribution in [2.24, 2.45) is 0 Å². The number of carbonyl (C=O) groups is 1. The van der Waals surface area contributed by atoms with Gasteiger partial charge >= 0.3 is 0 Å². The molecule has 1 N–H and O–H groups in total. The number of rotatable bonds is 3. The Hall–Kier alpha value is -0.220. The molecule has 0 bridgehead atoms. The second kappa shape index (κ2) is 5.61. The number of thioether (sulfide) groups is 1. The second-order valence-electron chi connectivity index (χ2n) is 3.92. The second-order valence-corrected chi connectivity index (χ2v) is 5.23. The summed E-state index contributed by atoms with van der Waals surface area (Å²) in [5.74, 6) is 1.27. The van der Waals surface area contributed by atoms with E-state index in [2.05, 4.69) is 0 Å². The van der Waals surface area contributed by atoms with E-state index >= 15 is 0 Å². The Morgan fingerprint density at radius 3 is 2.86 bits per heavy atom. The average Bonchev–Trinajstić information content (AvgIpc) is 2.17. The van der Waals surface area contributed by atoms with Crippen LogP contribution in [0.4, 0.5) is 0 Å². The van der Waals surface area contributed by atoms with Crippen LogP contribution >= 0.6 is 11.8 Å². The monoisotopic (exact) mass is 217 g/mol. The molecule has 0 aliphatic carbocycles. The Kier molecular flexibility index (Phi) is 4.75. The Morgan fingerprint density at radius 2 is 2.36 bits per heavy atom. The van der Waals surface area contributed by atoms with Gasteiger partial charge in [0.05, 0.1) is 11.4 Å². The lowest BCUT2D eigenvalue weighted by molar-refractivity contribution is -0.130. The van der Waals surface area contributed by atoms with E-state index < -0.39 is 6.10 Å². The fraction of sp³-hybridized carbons (Fsp3) is 0.900. The van der Waals surface area contributed by atoms with Crippen LogP contribution in [0.5, 0.6) is 0 Å². The third-order valence-corrected chi connectivity index (χ3v) is 3.73. The van der Waals surface area contributed by atoms with Crippen molar-refractivity contribution in [3.63, 3.8) is 0 Å². The molecule has 1 rings (SSSR count). The van der Waals surface area contributed by atoms with Crippen LogP contribution in [-0.4, -0.2) is 46.6 Å². The third kappa shape index (κ3) is 3.50. The summed E-state index contributed by atoms with van der Waals surface area (Å²) >= 11 is 1.75. The van der Waals surface area contributed by atoms with E-state index in [1.807, 2.05) is 0 Å². The van der Waals surface area contributed by atoms with Crippen molar-refractivity contribution in [1.82, 2.24) is 4.90 Å². The Morgan fingerprint density at radius 1 is 1.64 bits per heavy atom. The molecular weight excluding hydrogens is 198 g/mol. The molecule has 1 amide bonds. The standard InChI is InChI=1S/C10H19NO2S/c1-8(12)7-11(2)10(13)9-5-3-4-6-14-9/h8-9,12H,3-7H2,1-2H3. The van der Waals surface area contributed by atoms with Gasteiger partial charge in [-0.1, -0.05) is 6.42 Å². The maximum absolute atomic E-state index is 11.8. The van der Waals surface area contributed by atoms with E-state index in [-0.39, 0.29) is 11.2 Å². The molecule has 0 aromatic rings. The van der Waals surface area contributed by atoms with Crippen molar-refractivity contribution >= 4 is 17.7 Å².